The topological polar surface area (TPSA) is 0 Å². The van der Waals surface area contributed by atoms with Gasteiger partial charge in [-0.05, 0) is 147 Å². The SMILES string of the molecule is CC1(c2ccccc2)c2ccccc2-c2ccc(-c3c4ccccc4c(-c4ccc(-c5cc(-c6ccccc6)cc(-c6ccccc6)c5)c5ccccc45)c4ccccc34)cc21. The van der Waals surface area contributed by atoms with Crippen molar-refractivity contribution in [2.24, 2.45) is 0 Å². The van der Waals surface area contributed by atoms with Gasteiger partial charge in [-0.15, -0.1) is 0 Å². The molecule has 11 aromatic carbocycles. The number of hydrogen-bond donors (Lipinski definition) is 0. The van der Waals surface area contributed by atoms with Crippen molar-refractivity contribution in [1.29, 1.82) is 0 Å². The molecular weight excluding hydrogens is 745 g/mol. The Morgan fingerprint density at radius 3 is 1.26 bits per heavy atom. The van der Waals surface area contributed by atoms with Crippen molar-refractivity contribution in [3.63, 3.8) is 0 Å². The van der Waals surface area contributed by atoms with Crippen LogP contribution < -0.4 is 0 Å². The van der Waals surface area contributed by atoms with Crippen molar-refractivity contribution < 1.29 is 0 Å². The first-order chi connectivity index (χ1) is 30.6. The van der Waals surface area contributed by atoms with E-state index in [0.29, 0.717) is 0 Å². The van der Waals surface area contributed by atoms with Crippen LogP contribution in [0.5, 0.6) is 0 Å². The lowest BCUT2D eigenvalue weighted by Gasteiger charge is -2.29. The Balaban J connectivity index is 1.08. The Labute approximate surface area is 363 Å². The molecule has 1 atom stereocenters. The average Bonchev–Trinajstić information content (AvgIpc) is 3.61. The van der Waals surface area contributed by atoms with Gasteiger partial charge in [0.05, 0.1) is 0 Å². The van der Waals surface area contributed by atoms with Crippen LogP contribution in [-0.2, 0) is 5.41 Å². The van der Waals surface area contributed by atoms with Gasteiger partial charge in [-0.25, -0.2) is 0 Å². The minimum absolute atomic E-state index is 0.280. The highest BCUT2D eigenvalue weighted by atomic mass is 14.4. The van der Waals surface area contributed by atoms with Crippen LogP contribution in [0.4, 0.5) is 0 Å². The van der Waals surface area contributed by atoms with E-state index in [9.17, 15) is 0 Å². The van der Waals surface area contributed by atoms with Crippen LogP contribution in [0.2, 0.25) is 0 Å². The van der Waals surface area contributed by atoms with Crippen LogP contribution in [-0.4, -0.2) is 0 Å². The van der Waals surface area contributed by atoms with Gasteiger partial charge in [-0.2, -0.15) is 0 Å². The molecule has 0 heteroatoms. The highest BCUT2D eigenvalue weighted by molar-refractivity contribution is 6.24. The molecule has 0 fully saturated rings. The molecule has 0 heterocycles. The molecule has 0 radical (unpaired) electrons. The maximum Gasteiger partial charge on any atom is 0.0435 e. The van der Waals surface area contributed by atoms with Crippen LogP contribution >= 0.6 is 0 Å². The summed E-state index contributed by atoms with van der Waals surface area (Å²) in [5.41, 5.74) is 18.7. The van der Waals surface area contributed by atoms with Crippen LogP contribution in [0.3, 0.4) is 0 Å². The van der Waals surface area contributed by atoms with E-state index in [2.05, 4.69) is 244 Å². The van der Waals surface area contributed by atoms with E-state index in [4.69, 9.17) is 0 Å². The lowest BCUT2D eigenvalue weighted by molar-refractivity contribution is 0.714. The molecule has 290 valence electrons. The first-order valence-electron chi connectivity index (χ1n) is 21.7. The minimum atomic E-state index is -0.280. The fourth-order valence-corrected chi connectivity index (χ4v) is 10.6. The zero-order chi connectivity index (χ0) is 41.2. The summed E-state index contributed by atoms with van der Waals surface area (Å²) in [5.74, 6) is 0. The predicted molar refractivity (Wildman–Crippen MR) is 264 cm³/mol. The van der Waals surface area contributed by atoms with Gasteiger partial charge in [0.2, 0.25) is 0 Å². The third-order valence-electron chi connectivity index (χ3n) is 13.5. The highest BCUT2D eigenvalue weighted by Crippen LogP contribution is 2.54. The fourth-order valence-electron chi connectivity index (χ4n) is 10.6. The van der Waals surface area contributed by atoms with Gasteiger partial charge in [0.1, 0.15) is 0 Å². The summed E-state index contributed by atoms with van der Waals surface area (Å²) < 4.78 is 0. The maximum absolute atomic E-state index is 2.49. The van der Waals surface area contributed by atoms with Crippen molar-refractivity contribution in [2.45, 2.75) is 12.3 Å². The first kappa shape index (κ1) is 36.1. The summed E-state index contributed by atoms with van der Waals surface area (Å²) >= 11 is 0. The molecular formula is C62H42. The van der Waals surface area contributed by atoms with Crippen molar-refractivity contribution in [2.75, 3.05) is 0 Å². The van der Waals surface area contributed by atoms with Crippen LogP contribution in [0.25, 0.3) is 99.1 Å². The zero-order valence-electron chi connectivity index (χ0n) is 34.5. The number of rotatable bonds is 6. The molecule has 0 N–H and O–H groups in total. The Morgan fingerprint density at radius 1 is 0.242 bits per heavy atom. The molecule has 0 aliphatic heterocycles. The standard InChI is InChI=1S/C62H42/c1-62(47-23-9-4-10-24-47)58-32-18-17-27-51(58)52-34-33-43(40-59(52)62)60-53-28-13-15-30-55(53)61(56-31-16-14-29-54(56)60)57-36-35-48(49-25-11-12-26-50(49)57)46-38-44(41-19-5-2-6-20-41)37-45(39-46)42-21-7-3-8-22-42/h2-40H,1H3. The predicted octanol–water partition coefficient (Wildman–Crippen LogP) is 16.8. The summed E-state index contributed by atoms with van der Waals surface area (Å²) in [6.07, 6.45) is 0. The van der Waals surface area contributed by atoms with Crippen LogP contribution in [0.15, 0.2) is 237 Å². The second kappa shape index (κ2) is 14.4. The molecule has 1 aliphatic rings. The zero-order valence-corrected chi connectivity index (χ0v) is 34.5. The summed E-state index contributed by atoms with van der Waals surface area (Å²) in [4.78, 5) is 0. The summed E-state index contributed by atoms with van der Waals surface area (Å²) in [5, 5.41) is 7.51. The first-order valence-corrected chi connectivity index (χ1v) is 21.7. The van der Waals surface area contributed by atoms with E-state index in [1.54, 1.807) is 0 Å². The van der Waals surface area contributed by atoms with E-state index in [-0.39, 0.29) is 5.41 Å². The van der Waals surface area contributed by atoms with Gasteiger partial charge in [-0.3, -0.25) is 0 Å². The van der Waals surface area contributed by atoms with Crippen LogP contribution in [0, 0.1) is 0 Å². The molecule has 0 saturated heterocycles. The third-order valence-corrected chi connectivity index (χ3v) is 13.5. The quantitative estimate of drug-likeness (QED) is 0.147. The largest absolute Gasteiger partial charge is 0.0622 e. The lowest BCUT2D eigenvalue weighted by Crippen LogP contribution is -2.22. The van der Waals surface area contributed by atoms with Crippen molar-refractivity contribution in [1.82, 2.24) is 0 Å². The Morgan fingerprint density at radius 2 is 0.661 bits per heavy atom. The van der Waals surface area contributed by atoms with Crippen LogP contribution in [0.1, 0.15) is 23.6 Å². The smallest absolute Gasteiger partial charge is 0.0435 e. The van der Waals surface area contributed by atoms with Crippen molar-refractivity contribution >= 4 is 32.3 Å². The van der Waals surface area contributed by atoms with Gasteiger partial charge in [0, 0.05) is 5.41 Å². The minimum Gasteiger partial charge on any atom is -0.0622 e. The Hall–Kier alpha value is -7.80. The molecule has 12 rings (SSSR count). The number of fused-ring (bicyclic) bond motifs is 6. The van der Waals surface area contributed by atoms with Gasteiger partial charge >= 0.3 is 0 Å². The maximum atomic E-state index is 2.49. The molecule has 62 heavy (non-hydrogen) atoms. The van der Waals surface area contributed by atoms with E-state index in [0.717, 1.165) is 0 Å². The normalized spacial score (nSPS) is 14.3. The second-order valence-corrected chi connectivity index (χ2v) is 16.9. The molecule has 11 aromatic rings. The molecule has 1 unspecified atom stereocenters. The van der Waals surface area contributed by atoms with E-state index >= 15 is 0 Å². The molecule has 0 spiro atoms. The molecule has 0 aromatic heterocycles. The average molecular weight is 787 g/mol. The van der Waals surface area contributed by atoms with Gasteiger partial charge in [-0.1, -0.05) is 212 Å². The Kier molecular flexibility index (Phi) is 8.40. The molecule has 0 nitrogen and oxygen atoms in total. The third kappa shape index (κ3) is 5.61. The molecule has 0 saturated carbocycles. The second-order valence-electron chi connectivity index (χ2n) is 16.9. The Bertz CT molecular complexity index is 3390. The van der Waals surface area contributed by atoms with E-state index in [1.807, 2.05) is 0 Å². The van der Waals surface area contributed by atoms with Gasteiger partial charge in [0.15, 0.2) is 0 Å². The van der Waals surface area contributed by atoms with Crippen molar-refractivity contribution in [3.05, 3.63) is 253 Å². The van der Waals surface area contributed by atoms with E-state index < -0.39 is 0 Å². The molecule has 0 amide bonds. The number of hydrogen-bond acceptors (Lipinski definition) is 0. The molecule has 1 aliphatic carbocycles. The molecule has 0 bridgehead atoms. The lowest BCUT2D eigenvalue weighted by atomic mass is 9.73. The van der Waals surface area contributed by atoms with E-state index in [1.165, 1.54) is 116 Å². The summed E-state index contributed by atoms with van der Waals surface area (Å²) in [7, 11) is 0. The summed E-state index contributed by atoms with van der Waals surface area (Å²) in [6, 6.07) is 87.6. The highest BCUT2D eigenvalue weighted by Gasteiger charge is 2.40. The fraction of sp³-hybridized carbons (Fsp3) is 0.0323. The van der Waals surface area contributed by atoms with Gasteiger partial charge < -0.3 is 0 Å². The van der Waals surface area contributed by atoms with Crippen molar-refractivity contribution in [3.8, 4) is 66.8 Å². The number of benzene rings is 11. The summed E-state index contributed by atoms with van der Waals surface area (Å²) in [6.45, 7) is 2.41. The monoisotopic (exact) mass is 786 g/mol. The van der Waals surface area contributed by atoms with Gasteiger partial charge in [0.25, 0.3) is 0 Å².